The van der Waals surface area contributed by atoms with Crippen molar-refractivity contribution in [2.45, 2.75) is 90.1 Å². The number of likely N-dealkylation sites (tertiary alicyclic amines) is 1. The van der Waals surface area contributed by atoms with Crippen LogP contribution in [0.25, 0.3) is 0 Å². The largest absolute Gasteiger partial charge is 0.444 e. The molecule has 6 atom stereocenters. The first kappa shape index (κ1) is 26.9. The zero-order valence-electron chi connectivity index (χ0n) is 22.4. The number of hydrogen-bond donors (Lipinski definition) is 2. The molecule has 9 heteroatoms. The summed E-state index contributed by atoms with van der Waals surface area (Å²) in [7, 11) is 0. The molecule has 1 aromatic carbocycles. The Bertz CT molecular complexity index is 928. The molecule has 9 nitrogen and oxygen atoms in total. The minimum Gasteiger partial charge on any atom is -0.444 e. The molecule has 3 aliphatic rings. The summed E-state index contributed by atoms with van der Waals surface area (Å²) in [4.78, 5) is 30.5. The van der Waals surface area contributed by atoms with Crippen molar-refractivity contribution in [2.75, 3.05) is 26.2 Å². The molecule has 0 spiro atoms. The van der Waals surface area contributed by atoms with Gasteiger partial charge in [-0.25, -0.2) is 4.79 Å². The monoisotopic (exact) mass is 502 g/mol. The van der Waals surface area contributed by atoms with Crippen LogP contribution in [0.4, 0.5) is 4.79 Å². The van der Waals surface area contributed by atoms with Crippen LogP contribution >= 0.6 is 0 Å². The van der Waals surface area contributed by atoms with E-state index in [9.17, 15) is 9.59 Å². The maximum absolute atomic E-state index is 13.8. The lowest BCUT2D eigenvalue weighted by Crippen LogP contribution is -2.58. The van der Waals surface area contributed by atoms with Crippen LogP contribution in [0.15, 0.2) is 30.3 Å². The Kier molecular flexibility index (Phi) is 7.67. The quantitative estimate of drug-likeness (QED) is 0.596. The molecule has 0 aliphatic carbocycles. The number of benzene rings is 1. The molecule has 3 fully saturated rings. The Hall–Kier alpha value is -2.20. The molecule has 1 aromatic rings. The fourth-order valence-corrected chi connectivity index (χ4v) is 5.19. The predicted octanol–water partition coefficient (Wildman–Crippen LogP) is 2.65. The SMILES string of the molecule is CC(C)(C)OC(=O)N[C@H](C(=O)N1CC[C@@H](N)[C@H]1C1OC1N1CCO[C@H](c2ccccc2)C1)C(C)(C)C. The van der Waals surface area contributed by atoms with Gasteiger partial charge >= 0.3 is 6.09 Å². The number of nitrogens with zero attached hydrogens (tertiary/aromatic N) is 2. The molecule has 0 aromatic heterocycles. The average Bonchev–Trinajstić information content (AvgIpc) is 3.49. The highest BCUT2D eigenvalue weighted by atomic mass is 16.6. The maximum atomic E-state index is 13.8. The predicted molar refractivity (Wildman–Crippen MR) is 136 cm³/mol. The number of hydrogen-bond acceptors (Lipinski definition) is 7. The Balaban J connectivity index is 1.44. The van der Waals surface area contributed by atoms with E-state index >= 15 is 0 Å². The molecule has 0 bridgehead atoms. The standard InChI is InChI=1S/C27H42N4O5/c1-26(2,3)22(29-25(33)36-27(4,5)6)23(32)31-13-12-18(28)20(31)21-24(35-21)30-14-15-34-19(16-30)17-10-8-7-9-11-17/h7-11,18-22,24H,12-16,28H2,1-6H3,(H,29,33)/t18-,19+,20+,21?,22-,24?/m1/s1. The number of carbonyl (C=O) groups is 2. The summed E-state index contributed by atoms with van der Waals surface area (Å²) in [6, 6.07) is 9.03. The second kappa shape index (κ2) is 10.3. The Labute approximate surface area is 214 Å². The van der Waals surface area contributed by atoms with Crippen LogP contribution < -0.4 is 11.1 Å². The van der Waals surface area contributed by atoms with Crippen molar-refractivity contribution in [3.63, 3.8) is 0 Å². The fourth-order valence-electron chi connectivity index (χ4n) is 5.19. The topological polar surface area (TPSA) is 110 Å². The van der Waals surface area contributed by atoms with Crippen LogP contribution in [-0.4, -0.2) is 84.1 Å². The van der Waals surface area contributed by atoms with E-state index in [0.717, 1.165) is 18.7 Å². The summed E-state index contributed by atoms with van der Waals surface area (Å²) in [6.45, 7) is 13.9. The Morgan fingerprint density at radius 3 is 2.44 bits per heavy atom. The van der Waals surface area contributed by atoms with Gasteiger partial charge in [0.2, 0.25) is 5.91 Å². The van der Waals surface area contributed by atoms with Gasteiger partial charge in [-0.1, -0.05) is 51.1 Å². The summed E-state index contributed by atoms with van der Waals surface area (Å²) in [5.41, 5.74) is 6.51. The lowest BCUT2D eigenvalue weighted by Gasteiger charge is -2.36. The van der Waals surface area contributed by atoms with E-state index in [2.05, 4.69) is 22.3 Å². The van der Waals surface area contributed by atoms with Crippen LogP contribution in [0.3, 0.4) is 0 Å². The van der Waals surface area contributed by atoms with Gasteiger partial charge in [-0.3, -0.25) is 9.69 Å². The first-order chi connectivity index (χ1) is 16.8. The summed E-state index contributed by atoms with van der Waals surface area (Å²) in [6.07, 6.45) is -0.179. The molecule has 4 rings (SSSR count). The van der Waals surface area contributed by atoms with Crippen LogP contribution in [0.5, 0.6) is 0 Å². The number of nitrogens with two attached hydrogens (primary N) is 1. The van der Waals surface area contributed by atoms with Crippen molar-refractivity contribution in [3.05, 3.63) is 35.9 Å². The third-order valence-corrected chi connectivity index (χ3v) is 7.03. The number of ether oxygens (including phenoxy) is 3. The van der Waals surface area contributed by atoms with Crippen molar-refractivity contribution < 1.29 is 23.8 Å². The second-order valence-corrected chi connectivity index (χ2v) is 12.2. The van der Waals surface area contributed by atoms with Gasteiger partial charge in [0.25, 0.3) is 0 Å². The first-order valence-corrected chi connectivity index (χ1v) is 13.0. The maximum Gasteiger partial charge on any atom is 0.408 e. The van der Waals surface area contributed by atoms with Crippen molar-refractivity contribution >= 4 is 12.0 Å². The lowest BCUT2D eigenvalue weighted by atomic mass is 9.85. The zero-order chi connectivity index (χ0) is 26.3. The zero-order valence-corrected chi connectivity index (χ0v) is 22.4. The molecule has 0 saturated carbocycles. The first-order valence-electron chi connectivity index (χ1n) is 13.0. The van der Waals surface area contributed by atoms with Crippen molar-refractivity contribution in [2.24, 2.45) is 11.1 Å². The van der Waals surface area contributed by atoms with Gasteiger partial charge in [0.1, 0.15) is 24.0 Å². The van der Waals surface area contributed by atoms with Crippen LogP contribution in [0.2, 0.25) is 0 Å². The molecule has 3 aliphatic heterocycles. The normalized spacial score (nSPS) is 30.1. The summed E-state index contributed by atoms with van der Waals surface area (Å²) in [5, 5.41) is 2.82. The lowest BCUT2D eigenvalue weighted by molar-refractivity contribution is -0.137. The van der Waals surface area contributed by atoms with Crippen molar-refractivity contribution in [1.82, 2.24) is 15.1 Å². The number of morpholine rings is 1. The van der Waals surface area contributed by atoms with Crippen LogP contribution in [0.1, 0.15) is 59.6 Å². The Morgan fingerprint density at radius 2 is 1.81 bits per heavy atom. The highest BCUT2D eigenvalue weighted by molar-refractivity contribution is 5.87. The average molecular weight is 503 g/mol. The summed E-state index contributed by atoms with van der Waals surface area (Å²) < 4.78 is 17.6. The van der Waals surface area contributed by atoms with Gasteiger partial charge < -0.3 is 30.2 Å². The van der Waals surface area contributed by atoms with Gasteiger partial charge in [-0.2, -0.15) is 0 Å². The van der Waals surface area contributed by atoms with Gasteiger partial charge in [-0.15, -0.1) is 0 Å². The minimum atomic E-state index is -0.747. The Morgan fingerprint density at radius 1 is 1.11 bits per heavy atom. The van der Waals surface area contributed by atoms with Gasteiger partial charge in [0, 0.05) is 25.7 Å². The third kappa shape index (κ3) is 6.19. The molecule has 3 N–H and O–H groups in total. The van der Waals surface area contributed by atoms with E-state index in [1.807, 2.05) is 43.9 Å². The van der Waals surface area contributed by atoms with Gasteiger partial charge in [0.05, 0.1) is 18.8 Å². The summed E-state index contributed by atoms with van der Waals surface area (Å²) in [5.74, 6) is -0.148. The molecule has 2 unspecified atom stereocenters. The third-order valence-electron chi connectivity index (χ3n) is 7.03. The number of alkyl carbamates (subject to hydrolysis) is 1. The number of carbonyl (C=O) groups excluding carboxylic acids is 2. The van der Waals surface area contributed by atoms with E-state index in [4.69, 9.17) is 19.9 Å². The number of rotatable bonds is 5. The van der Waals surface area contributed by atoms with E-state index in [1.165, 1.54) is 0 Å². The number of amides is 2. The van der Waals surface area contributed by atoms with Gasteiger partial charge in [-0.05, 0) is 38.2 Å². The molecule has 2 amide bonds. The van der Waals surface area contributed by atoms with Crippen LogP contribution in [0, 0.1) is 5.41 Å². The highest BCUT2D eigenvalue weighted by Gasteiger charge is 2.56. The molecule has 3 saturated heterocycles. The molecule has 36 heavy (non-hydrogen) atoms. The van der Waals surface area contributed by atoms with E-state index in [-0.39, 0.29) is 36.4 Å². The van der Waals surface area contributed by atoms with E-state index in [0.29, 0.717) is 19.6 Å². The second-order valence-electron chi connectivity index (χ2n) is 12.2. The summed E-state index contributed by atoms with van der Waals surface area (Å²) >= 11 is 0. The van der Waals surface area contributed by atoms with Crippen LogP contribution in [-0.2, 0) is 19.0 Å². The molecule has 3 heterocycles. The smallest absolute Gasteiger partial charge is 0.408 e. The highest BCUT2D eigenvalue weighted by Crippen LogP contribution is 2.39. The van der Waals surface area contributed by atoms with Gasteiger partial charge in [0.15, 0.2) is 0 Å². The molecule has 200 valence electrons. The van der Waals surface area contributed by atoms with E-state index in [1.54, 1.807) is 20.8 Å². The van der Waals surface area contributed by atoms with Crippen molar-refractivity contribution in [1.29, 1.82) is 0 Å². The molecular weight excluding hydrogens is 460 g/mol. The number of nitrogens with one attached hydrogen (secondary N) is 1. The fraction of sp³-hybridized carbons (Fsp3) is 0.704. The van der Waals surface area contributed by atoms with Crippen molar-refractivity contribution in [3.8, 4) is 0 Å². The molecule has 0 radical (unpaired) electrons. The minimum absolute atomic E-state index is 0.0110. The molecular formula is C27H42N4O5. The number of epoxide rings is 1. The van der Waals surface area contributed by atoms with E-state index < -0.39 is 23.2 Å².